The Morgan fingerprint density at radius 3 is 2.64 bits per heavy atom. The molecule has 2 fully saturated rings. The molecule has 1 aliphatic carbocycles. The molecule has 1 aromatic heterocycles. The average Bonchev–Trinajstić information content (AvgIpc) is 3.67. The largest absolute Gasteiger partial charge is 0.353 e. The number of nitrogens with zero attached hydrogens (tertiary/aromatic N) is 3. The van der Waals surface area contributed by atoms with Crippen LogP contribution in [0.15, 0.2) is 36.5 Å². The highest BCUT2D eigenvalue weighted by Gasteiger charge is 2.36. The first kappa shape index (κ1) is 22.0. The van der Waals surface area contributed by atoms with Gasteiger partial charge in [0.1, 0.15) is 5.82 Å². The van der Waals surface area contributed by atoms with E-state index >= 15 is 4.39 Å². The Balaban J connectivity index is 1.49. The monoisotopic (exact) mass is 489 g/mol. The van der Waals surface area contributed by atoms with Gasteiger partial charge in [0.15, 0.2) is 11.6 Å². The molecule has 11 heteroatoms. The van der Waals surface area contributed by atoms with E-state index in [1.165, 1.54) is 18.2 Å². The Morgan fingerprint density at radius 2 is 1.91 bits per heavy atom. The molecule has 2 heterocycles. The predicted octanol–water partition coefficient (Wildman–Crippen LogP) is 2.97. The zero-order chi connectivity index (χ0) is 23.2. The van der Waals surface area contributed by atoms with E-state index in [4.69, 9.17) is 11.6 Å². The number of fused-ring (bicyclic) bond motifs is 1. The maximum Gasteiger partial charge on any atom is 0.235 e. The highest BCUT2D eigenvalue weighted by atomic mass is 35.5. The van der Waals surface area contributed by atoms with Gasteiger partial charge in [0.2, 0.25) is 10.0 Å². The third kappa shape index (κ3) is 4.38. The molecule has 5 rings (SSSR count). The quantitative estimate of drug-likeness (QED) is 0.513. The first-order valence-electron chi connectivity index (χ1n) is 10.6. The smallest absolute Gasteiger partial charge is 0.235 e. The van der Waals surface area contributed by atoms with Gasteiger partial charge in [-0.3, -0.25) is 14.5 Å². The summed E-state index contributed by atoms with van der Waals surface area (Å²) in [4.78, 5) is 24.4. The average molecular weight is 490 g/mol. The fourth-order valence-corrected chi connectivity index (χ4v) is 5.41. The maximum absolute atomic E-state index is 15.2. The van der Waals surface area contributed by atoms with Crippen LogP contribution in [0.4, 0.5) is 15.9 Å². The number of halogens is 2. The second-order valence-corrected chi connectivity index (χ2v) is 10.5. The van der Waals surface area contributed by atoms with Crippen molar-refractivity contribution in [3.8, 4) is 0 Å². The number of aromatic nitrogens is 2. The number of ketones is 1. The lowest BCUT2D eigenvalue weighted by Crippen LogP contribution is -2.43. The fourth-order valence-electron chi connectivity index (χ4n) is 3.79. The van der Waals surface area contributed by atoms with E-state index in [1.807, 2.05) is 0 Å². The number of sulfonamides is 1. The number of hydrogen-bond donors (Lipinski definition) is 2. The maximum atomic E-state index is 15.2. The molecule has 0 bridgehead atoms. The van der Waals surface area contributed by atoms with Gasteiger partial charge in [0.05, 0.1) is 38.8 Å². The van der Waals surface area contributed by atoms with Gasteiger partial charge >= 0.3 is 0 Å². The van der Waals surface area contributed by atoms with E-state index in [9.17, 15) is 13.2 Å². The molecule has 0 amide bonds. The third-order valence-corrected chi connectivity index (χ3v) is 7.93. The van der Waals surface area contributed by atoms with Crippen LogP contribution in [0.1, 0.15) is 28.8 Å². The number of piperazine rings is 1. The Hall–Kier alpha value is -2.82. The lowest BCUT2D eigenvalue weighted by atomic mass is 10.0. The molecule has 1 saturated heterocycles. The van der Waals surface area contributed by atoms with Crippen LogP contribution in [0, 0.1) is 5.82 Å². The molecule has 2 aromatic carbocycles. The number of hydrogen-bond acceptors (Lipinski definition) is 7. The standard InChI is InChI=1S/C22H21ClFN5O3S/c23-15-4-6-17(28-33(31,32)14-2-3-14)21(24)20(15)22(30)13-1-5-16-18(11-13)27-19(12-26-16)29-9-7-25-8-10-29/h1,4-6,11-12,14,25,28H,2-3,7-10H2. The normalized spacial score (nSPS) is 16.7. The van der Waals surface area contributed by atoms with Crippen LogP contribution in [0.2, 0.25) is 5.02 Å². The molecule has 1 saturated carbocycles. The van der Waals surface area contributed by atoms with Crippen molar-refractivity contribution in [2.24, 2.45) is 0 Å². The Morgan fingerprint density at radius 1 is 1.15 bits per heavy atom. The summed E-state index contributed by atoms with van der Waals surface area (Å²) in [5, 5.41) is 2.64. The SMILES string of the molecule is O=C(c1ccc2ncc(N3CCNCC3)nc2c1)c1c(Cl)ccc(NS(=O)(=O)C2CC2)c1F. The van der Waals surface area contributed by atoms with Crippen molar-refractivity contribution in [1.29, 1.82) is 0 Å². The molecule has 2 aliphatic rings. The minimum Gasteiger partial charge on any atom is -0.353 e. The van der Waals surface area contributed by atoms with Crippen LogP contribution in [-0.2, 0) is 10.0 Å². The van der Waals surface area contributed by atoms with Crippen LogP contribution in [0.5, 0.6) is 0 Å². The summed E-state index contributed by atoms with van der Waals surface area (Å²) in [6.45, 7) is 3.28. The molecule has 0 atom stereocenters. The molecular weight excluding hydrogens is 469 g/mol. The van der Waals surface area contributed by atoms with E-state index in [0.29, 0.717) is 29.7 Å². The highest BCUT2D eigenvalue weighted by Crippen LogP contribution is 2.33. The van der Waals surface area contributed by atoms with Crippen molar-refractivity contribution in [1.82, 2.24) is 15.3 Å². The molecule has 2 N–H and O–H groups in total. The summed E-state index contributed by atoms with van der Waals surface area (Å²) in [5.41, 5.74) is 0.591. The van der Waals surface area contributed by atoms with E-state index in [1.54, 1.807) is 18.3 Å². The molecular formula is C22H21ClFN5O3S. The van der Waals surface area contributed by atoms with Crippen molar-refractivity contribution in [3.05, 3.63) is 58.5 Å². The molecule has 33 heavy (non-hydrogen) atoms. The van der Waals surface area contributed by atoms with Gasteiger partial charge in [-0.05, 0) is 43.2 Å². The summed E-state index contributed by atoms with van der Waals surface area (Å²) in [6, 6.07) is 7.25. The third-order valence-electron chi connectivity index (χ3n) is 5.77. The lowest BCUT2D eigenvalue weighted by Gasteiger charge is -2.28. The molecule has 3 aromatic rings. The van der Waals surface area contributed by atoms with E-state index < -0.39 is 32.4 Å². The second-order valence-electron chi connectivity index (χ2n) is 8.13. The van der Waals surface area contributed by atoms with Crippen molar-refractivity contribution in [2.45, 2.75) is 18.1 Å². The summed E-state index contributed by atoms with van der Waals surface area (Å²) in [7, 11) is -3.70. The minimum absolute atomic E-state index is 0.104. The van der Waals surface area contributed by atoms with Crippen molar-refractivity contribution in [2.75, 3.05) is 35.8 Å². The van der Waals surface area contributed by atoms with Crippen LogP contribution >= 0.6 is 11.6 Å². The lowest BCUT2D eigenvalue weighted by molar-refractivity contribution is 0.103. The van der Waals surface area contributed by atoms with Gasteiger partial charge in [0, 0.05) is 31.7 Å². The number of carbonyl (C=O) groups excluding carboxylic acids is 1. The predicted molar refractivity (Wildman–Crippen MR) is 125 cm³/mol. The van der Waals surface area contributed by atoms with Gasteiger partial charge in [-0.1, -0.05) is 11.6 Å². The Kier molecular flexibility index (Phi) is 5.67. The van der Waals surface area contributed by atoms with E-state index in [-0.39, 0.29) is 16.3 Å². The number of benzene rings is 2. The first-order chi connectivity index (χ1) is 15.8. The zero-order valence-electron chi connectivity index (χ0n) is 17.5. The molecule has 0 radical (unpaired) electrons. The Labute approximate surface area is 195 Å². The first-order valence-corrected chi connectivity index (χ1v) is 12.5. The van der Waals surface area contributed by atoms with Crippen LogP contribution in [-0.4, -0.2) is 55.6 Å². The van der Waals surface area contributed by atoms with Crippen LogP contribution < -0.4 is 14.9 Å². The number of anilines is 2. The van der Waals surface area contributed by atoms with Crippen molar-refractivity contribution < 1.29 is 17.6 Å². The van der Waals surface area contributed by atoms with Crippen molar-refractivity contribution >= 4 is 49.9 Å². The Bertz CT molecular complexity index is 1360. The number of rotatable bonds is 6. The molecule has 0 spiro atoms. The zero-order valence-corrected chi connectivity index (χ0v) is 19.1. The van der Waals surface area contributed by atoms with Gasteiger partial charge in [-0.2, -0.15) is 0 Å². The summed E-state index contributed by atoms with van der Waals surface area (Å²) < 4.78 is 42.0. The van der Waals surface area contributed by atoms with Crippen LogP contribution in [0.3, 0.4) is 0 Å². The summed E-state index contributed by atoms with van der Waals surface area (Å²) >= 11 is 6.16. The molecule has 0 unspecified atom stereocenters. The second kappa shape index (κ2) is 8.51. The van der Waals surface area contributed by atoms with Crippen molar-refractivity contribution in [3.63, 3.8) is 0 Å². The van der Waals surface area contributed by atoms with Gasteiger partial charge < -0.3 is 10.2 Å². The van der Waals surface area contributed by atoms with E-state index in [0.717, 1.165) is 26.2 Å². The fraction of sp³-hybridized carbons (Fsp3) is 0.318. The molecule has 8 nitrogen and oxygen atoms in total. The topological polar surface area (TPSA) is 104 Å². The molecule has 172 valence electrons. The number of nitrogens with one attached hydrogen (secondary N) is 2. The number of carbonyl (C=O) groups is 1. The van der Waals surface area contributed by atoms with Gasteiger partial charge in [0.25, 0.3) is 0 Å². The van der Waals surface area contributed by atoms with E-state index in [2.05, 4.69) is 24.9 Å². The molecule has 1 aliphatic heterocycles. The van der Waals surface area contributed by atoms with Crippen LogP contribution in [0.25, 0.3) is 11.0 Å². The minimum atomic E-state index is -3.70. The van der Waals surface area contributed by atoms with Gasteiger partial charge in [-0.15, -0.1) is 0 Å². The summed E-state index contributed by atoms with van der Waals surface area (Å²) in [5.74, 6) is -0.965. The summed E-state index contributed by atoms with van der Waals surface area (Å²) in [6.07, 6.45) is 2.76. The highest BCUT2D eigenvalue weighted by molar-refractivity contribution is 7.93. The van der Waals surface area contributed by atoms with Gasteiger partial charge in [-0.25, -0.2) is 17.8 Å².